The molecule has 0 aromatic heterocycles. The van der Waals surface area contributed by atoms with Gasteiger partial charge in [-0.2, -0.15) is 0 Å². The smallest absolute Gasteiger partial charge is 0.223 e. The number of rotatable bonds is 4. The van der Waals surface area contributed by atoms with E-state index in [1.54, 1.807) is 4.90 Å². The lowest BCUT2D eigenvalue weighted by molar-refractivity contribution is -0.142. The molecule has 2 rings (SSSR count). The predicted molar refractivity (Wildman–Crippen MR) is 72.5 cm³/mol. The van der Waals surface area contributed by atoms with Gasteiger partial charge in [-0.3, -0.25) is 4.79 Å². The third kappa shape index (κ3) is 3.91. The van der Waals surface area contributed by atoms with Crippen LogP contribution in [-0.4, -0.2) is 54.9 Å². The standard InChI is InChI=1S/C14H26N2O3/c15-8-12-3-1-11(2-4-12)7-14(18)16-5-6-19-10-13(16)9-17/h11-13,17H,1-10,15H2. The minimum Gasteiger partial charge on any atom is -0.394 e. The number of aliphatic hydroxyl groups excluding tert-OH is 1. The Kier molecular flexibility index (Phi) is 5.60. The van der Waals surface area contributed by atoms with E-state index < -0.39 is 0 Å². The van der Waals surface area contributed by atoms with Crippen LogP contribution in [0.25, 0.3) is 0 Å². The molecule has 1 aliphatic carbocycles. The van der Waals surface area contributed by atoms with Crippen LogP contribution in [0.15, 0.2) is 0 Å². The molecule has 3 N–H and O–H groups in total. The van der Waals surface area contributed by atoms with E-state index in [1.807, 2.05) is 0 Å². The highest BCUT2D eigenvalue weighted by Gasteiger charge is 2.29. The topological polar surface area (TPSA) is 75.8 Å². The Labute approximate surface area is 115 Å². The second-order valence-corrected chi connectivity index (χ2v) is 5.83. The van der Waals surface area contributed by atoms with E-state index in [4.69, 9.17) is 10.5 Å². The maximum Gasteiger partial charge on any atom is 0.223 e. The summed E-state index contributed by atoms with van der Waals surface area (Å²) in [4.78, 5) is 14.1. The van der Waals surface area contributed by atoms with Gasteiger partial charge in [-0.05, 0) is 44.1 Å². The zero-order valence-electron chi connectivity index (χ0n) is 11.6. The van der Waals surface area contributed by atoms with Crippen molar-refractivity contribution in [1.82, 2.24) is 4.90 Å². The molecule has 19 heavy (non-hydrogen) atoms. The Morgan fingerprint density at radius 3 is 2.58 bits per heavy atom. The molecule has 1 unspecified atom stereocenters. The monoisotopic (exact) mass is 270 g/mol. The second-order valence-electron chi connectivity index (χ2n) is 5.83. The van der Waals surface area contributed by atoms with E-state index in [0.29, 0.717) is 38.0 Å². The van der Waals surface area contributed by atoms with Crippen LogP contribution >= 0.6 is 0 Å². The summed E-state index contributed by atoms with van der Waals surface area (Å²) in [5.41, 5.74) is 5.69. The highest BCUT2D eigenvalue weighted by Crippen LogP contribution is 2.30. The number of carbonyl (C=O) groups excluding carboxylic acids is 1. The number of aliphatic hydroxyl groups is 1. The van der Waals surface area contributed by atoms with Gasteiger partial charge in [0.1, 0.15) is 0 Å². The SMILES string of the molecule is NCC1CCC(CC(=O)N2CCOCC2CO)CC1. The minimum absolute atomic E-state index is 0.00828. The first-order valence-corrected chi connectivity index (χ1v) is 7.42. The summed E-state index contributed by atoms with van der Waals surface area (Å²) >= 11 is 0. The van der Waals surface area contributed by atoms with Gasteiger partial charge in [-0.1, -0.05) is 0 Å². The molecule has 2 aliphatic rings. The van der Waals surface area contributed by atoms with Gasteiger partial charge < -0.3 is 20.5 Å². The quantitative estimate of drug-likeness (QED) is 0.773. The second kappa shape index (κ2) is 7.22. The van der Waals surface area contributed by atoms with Crippen LogP contribution in [0.5, 0.6) is 0 Å². The Bertz CT molecular complexity index is 290. The normalized spacial score (nSPS) is 32.3. The van der Waals surface area contributed by atoms with Crippen molar-refractivity contribution in [3.63, 3.8) is 0 Å². The maximum absolute atomic E-state index is 12.3. The van der Waals surface area contributed by atoms with E-state index in [2.05, 4.69) is 0 Å². The Balaban J connectivity index is 1.80. The number of nitrogens with two attached hydrogens (primary N) is 1. The fourth-order valence-corrected chi connectivity index (χ4v) is 3.17. The van der Waals surface area contributed by atoms with Crippen LogP contribution in [0.2, 0.25) is 0 Å². The summed E-state index contributed by atoms with van der Waals surface area (Å²) in [7, 11) is 0. The van der Waals surface area contributed by atoms with Gasteiger partial charge in [-0.25, -0.2) is 0 Å². The molecule has 0 bridgehead atoms. The first-order valence-electron chi connectivity index (χ1n) is 7.42. The molecule has 5 nitrogen and oxygen atoms in total. The molecule has 1 atom stereocenters. The van der Waals surface area contributed by atoms with Crippen molar-refractivity contribution < 1.29 is 14.6 Å². The lowest BCUT2D eigenvalue weighted by Crippen LogP contribution is -2.50. The molecule has 0 aromatic rings. The first-order chi connectivity index (χ1) is 9.24. The average Bonchev–Trinajstić information content (AvgIpc) is 2.48. The molecule has 1 saturated carbocycles. The summed E-state index contributed by atoms with van der Waals surface area (Å²) in [6, 6.07) is -0.151. The molecule has 1 amide bonds. The Morgan fingerprint density at radius 1 is 1.26 bits per heavy atom. The molecular weight excluding hydrogens is 244 g/mol. The zero-order chi connectivity index (χ0) is 13.7. The largest absolute Gasteiger partial charge is 0.394 e. The Hall–Kier alpha value is -0.650. The van der Waals surface area contributed by atoms with E-state index in [0.717, 1.165) is 32.2 Å². The van der Waals surface area contributed by atoms with Crippen molar-refractivity contribution in [2.24, 2.45) is 17.6 Å². The molecule has 1 heterocycles. The van der Waals surface area contributed by atoms with Gasteiger partial charge in [0.05, 0.1) is 25.9 Å². The van der Waals surface area contributed by atoms with Crippen molar-refractivity contribution in [1.29, 1.82) is 0 Å². The molecule has 5 heteroatoms. The van der Waals surface area contributed by atoms with Crippen LogP contribution in [-0.2, 0) is 9.53 Å². The van der Waals surface area contributed by atoms with Gasteiger partial charge >= 0.3 is 0 Å². The van der Waals surface area contributed by atoms with Crippen molar-refractivity contribution >= 4 is 5.91 Å². The molecule has 1 saturated heterocycles. The van der Waals surface area contributed by atoms with Crippen LogP contribution in [0.4, 0.5) is 0 Å². The molecule has 0 radical (unpaired) electrons. The number of hydrogen-bond acceptors (Lipinski definition) is 4. The molecular formula is C14H26N2O3. The number of amides is 1. The fraction of sp³-hybridized carbons (Fsp3) is 0.929. The van der Waals surface area contributed by atoms with E-state index >= 15 is 0 Å². The summed E-state index contributed by atoms with van der Waals surface area (Å²) in [6.45, 7) is 2.43. The summed E-state index contributed by atoms with van der Waals surface area (Å²) in [5, 5.41) is 9.30. The van der Waals surface area contributed by atoms with Crippen molar-refractivity contribution in [2.75, 3.05) is 32.9 Å². The number of hydrogen-bond donors (Lipinski definition) is 2. The third-order valence-corrected chi connectivity index (χ3v) is 4.52. The number of carbonyl (C=O) groups is 1. The van der Waals surface area contributed by atoms with Crippen LogP contribution in [0.3, 0.4) is 0 Å². The molecule has 1 aliphatic heterocycles. The fourth-order valence-electron chi connectivity index (χ4n) is 3.17. The number of ether oxygens (including phenoxy) is 1. The van der Waals surface area contributed by atoms with E-state index in [-0.39, 0.29) is 18.6 Å². The van der Waals surface area contributed by atoms with Gasteiger partial charge in [-0.15, -0.1) is 0 Å². The van der Waals surface area contributed by atoms with Gasteiger partial charge in [0, 0.05) is 13.0 Å². The molecule has 0 spiro atoms. The lowest BCUT2D eigenvalue weighted by Gasteiger charge is -2.36. The first kappa shape index (κ1) is 14.8. The van der Waals surface area contributed by atoms with Gasteiger partial charge in [0.2, 0.25) is 5.91 Å². The van der Waals surface area contributed by atoms with Gasteiger partial charge in [0.15, 0.2) is 0 Å². The lowest BCUT2D eigenvalue weighted by atomic mass is 9.80. The van der Waals surface area contributed by atoms with Crippen molar-refractivity contribution in [3.8, 4) is 0 Å². The minimum atomic E-state index is -0.151. The number of nitrogens with zero attached hydrogens (tertiary/aromatic N) is 1. The molecule has 0 aromatic carbocycles. The van der Waals surface area contributed by atoms with E-state index in [1.165, 1.54) is 0 Å². The molecule has 110 valence electrons. The van der Waals surface area contributed by atoms with Gasteiger partial charge in [0.25, 0.3) is 0 Å². The summed E-state index contributed by atoms with van der Waals surface area (Å²) in [5.74, 6) is 1.33. The highest BCUT2D eigenvalue weighted by molar-refractivity contribution is 5.77. The number of morpholine rings is 1. The molecule has 2 fully saturated rings. The van der Waals surface area contributed by atoms with Crippen LogP contribution in [0, 0.1) is 11.8 Å². The summed E-state index contributed by atoms with van der Waals surface area (Å²) in [6.07, 6.45) is 5.15. The third-order valence-electron chi connectivity index (χ3n) is 4.52. The Morgan fingerprint density at radius 2 is 1.95 bits per heavy atom. The zero-order valence-corrected chi connectivity index (χ0v) is 11.6. The summed E-state index contributed by atoms with van der Waals surface area (Å²) < 4.78 is 5.30. The van der Waals surface area contributed by atoms with Crippen LogP contribution < -0.4 is 5.73 Å². The highest BCUT2D eigenvalue weighted by atomic mass is 16.5. The maximum atomic E-state index is 12.3. The predicted octanol–water partition coefficient (Wildman–Crippen LogP) is 0.361. The van der Waals surface area contributed by atoms with Crippen molar-refractivity contribution in [3.05, 3.63) is 0 Å². The van der Waals surface area contributed by atoms with Crippen molar-refractivity contribution in [2.45, 2.75) is 38.1 Å². The van der Waals surface area contributed by atoms with Crippen LogP contribution in [0.1, 0.15) is 32.1 Å². The van der Waals surface area contributed by atoms with E-state index in [9.17, 15) is 9.90 Å². The average molecular weight is 270 g/mol.